The Morgan fingerprint density at radius 1 is 1.40 bits per heavy atom. The van der Waals surface area contributed by atoms with Crippen molar-refractivity contribution >= 4 is 34.2 Å². The molecule has 15 heavy (non-hydrogen) atoms. The summed E-state index contributed by atoms with van der Waals surface area (Å²) in [4.78, 5) is 0. The van der Waals surface area contributed by atoms with Gasteiger partial charge in [-0.1, -0.05) is 17.7 Å². The van der Waals surface area contributed by atoms with Gasteiger partial charge in [-0.2, -0.15) is 0 Å². The fourth-order valence-electron chi connectivity index (χ4n) is 1.87. The first-order valence-electron chi connectivity index (χ1n) is 5.00. The molecule has 0 fully saturated rings. The Morgan fingerprint density at radius 2 is 2.20 bits per heavy atom. The molecule has 0 bridgehead atoms. The normalized spacial score (nSPS) is 17.7. The molecule has 2 rings (SSSR count). The minimum atomic E-state index is -0.474. The molecule has 1 N–H and O–H groups in total. The van der Waals surface area contributed by atoms with Crippen LogP contribution in [0.25, 0.3) is 0 Å². The molecule has 0 saturated heterocycles. The van der Waals surface area contributed by atoms with E-state index in [1.807, 2.05) is 18.2 Å². The summed E-state index contributed by atoms with van der Waals surface area (Å²) in [5, 5.41) is 10.9. The first kappa shape index (κ1) is 11.4. The van der Waals surface area contributed by atoms with Crippen LogP contribution in [-0.2, 0) is 0 Å². The van der Waals surface area contributed by atoms with Crippen LogP contribution in [0.2, 0.25) is 5.02 Å². The van der Waals surface area contributed by atoms with Crippen LogP contribution in [0.15, 0.2) is 29.8 Å². The predicted octanol–water partition coefficient (Wildman–Crippen LogP) is 4.09. The molecule has 1 aromatic carbocycles. The number of allylic oxidation sites excluding steroid dienone is 1. The van der Waals surface area contributed by atoms with Gasteiger partial charge in [-0.05, 0) is 71.2 Å². The highest BCUT2D eigenvalue weighted by Crippen LogP contribution is 2.33. The molecular formula is C12H12ClIO. The number of hydrogen-bond acceptors (Lipinski definition) is 1. The van der Waals surface area contributed by atoms with E-state index in [2.05, 4.69) is 28.7 Å². The van der Waals surface area contributed by atoms with Gasteiger partial charge in [0.25, 0.3) is 0 Å². The van der Waals surface area contributed by atoms with E-state index in [9.17, 15) is 5.11 Å². The van der Waals surface area contributed by atoms with Gasteiger partial charge in [0.15, 0.2) is 0 Å². The van der Waals surface area contributed by atoms with E-state index in [0.29, 0.717) is 5.02 Å². The molecule has 0 heterocycles. The van der Waals surface area contributed by atoms with Crippen molar-refractivity contribution in [3.8, 4) is 0 Å². The lowest BCUT2D eigenvalue weighted by atomic mass is 10.0. The third-order valence-corrected chi connectivity index (χ3v) is 3.90. The molecule has 1 aliphatic rings. The molecule has 0 spiro atoms. The summed E-state index contributed by atoms with van der Waals surface area (Å²) in [5.74, 6) is 0. The molecule has 0 aromatic heterocycles. The molecule has 80 valence electrons. The van der Waals surface area contributed by atoms with E-state index < -0.39 is 6.10 Å². The quantitative estimate of drug-likeness (QED) is 0.638. The smallest absolute Gasteiger partial charge is 0.101 e. The maximum Gasteiger partial charge on any atom is 0.101 e. The minimum Gasteiger partial charge on any atom is -0.384 e. The van der Waals surface area contributed by atoms with Gasteiger partial charge in [0, 0.05) is 8.59 Å². The van der Waals surface area contributed by atoms with Crippen LogP contribution in [-0.4, -0.2) is 5.11 Å². The van der Waals surface area contributed by atoms with Crippen LogP contribution < -0.4 is 0 Å². The van der Waals surface area contributed by atoms with Crippen molar-refractivity contribution < 1.29 is 5.11 Å². The summed E-state index contributed by atoms with van der Waals surface area (Å²) in [5.41, 5.74) is 2.06. The summed E-state index contributed by atoms with van der Waals surface area (Å²) >= 11 is 8.17. The summed E-state index contributed by atoms with van der Waals surface area (Å²) < 4.78 is 1.07. The molecule has 1 aromatic rings. The largest absolute Gasteiger partial charge is 0.384 e. The zero-order valence-corrected chi connectivity index (χ0v) is 11.1. The van der Waals surface area contributed by atoms with Crippen LogP contribution >= 0.6 is 34.2 Å². The molecule has 3 heteroatoms. The van der Waals surface area contributed by atoms with Crippen LogP contribution in [0, 0.1) is 3.57 Å². The van der Waals surface area contributed by atoms with Crippen LogP contribution in [0.3, 0.4) is 0 Å². The average Bonchev–Trinajstić information content (AvgIpc) is 2.74. The third kappa shape index (κ3) is 2.55. The Labute approximate surface area is 108 Å². The summed E-state index contributed by atoms with van der Waals surface area (Å²) in [6, 6.07) is 5.65. The fraction of sp³-hybridized carbons (Fsp3) is 0.333. The average molecular weight is 335 g/mol. The third-order valence-electron chi connectivity index (χ3n) is 2.68. The van der Waals surface area contributed by atoms with Crippen molar-refractivity contribution in [2.45, 2.75) is 25.4 Å². The Kier molecular flexibility index (Phi) is 3.69. The van der Waals surface area contributed by atoms with Gasteiger partial charge in [-0.3, -0.25) is 0 Å². The first-order valence-corrected chi connectivity index (χ1v) is 6.46. The highest BCUT2D eigenvalue weighted by Gasteiger charge is 2.18. The molecule has 1 aliphatic carbocycles. The molecule has 0 saturated carbocycles. The van der Waals surface area contributed by atoms with E-state index >= 15 is 0 Å². The first-order chi connectivity index (χ1) is 7.18. The van der Waals surface area contributed by atoms with Crippen LogP contribution in [0.5, 0.6) is 0 Å². The number of rotatable bonds is 2. The molecule has 1 nitrogen and oxygen atoms in total. The van der Waals surface area contributed by atoms with Gasteiger partial charge in [0.2, 0.25) is 0 Å². The highest BCUT2D eigenvalue weighted by molar-refractivity contribution is 14.1. The minimum absolute atomic E-state index is 0.474. The lowest BCUT2D eigenvalue weighted by Crippen LogP contribution is -2.02. The lowest BCUT2D eigenvalue weighted by Gasteiger charge is -2.14. The zero-order chi connectivity index (χ0) is 10.8. The molecule has 1 unspecified atom stereocenters. The highest BCUT2D eigenvalue weighted by atomic mass is 127. The second kappa shape index (κ2) is 4.85. The molecular weight excluding hydrogens is 322 g/mol. The van der Waals surface area contributed by atoms with Gasteiger partial charge in [-0.15, -0.1) is 0 Å². The summed E-state index contributed by atoms with van der Waals surface area (Å²) in [6.45, 7) is 0. The second-order valence-electron chi connectivity index (χ2n) is 3.74. The number of halogens is 2. The monoisotopic (exact) mass is 334 g/mol. The maximum atomic E-state index is 10.2. The van der Waals surface area contributed by atoms with Crippen molar-refractivity contribution in [2.75, 3.05) is 0 Å². The van der Waals surface area contributed by atoms with Gasteiger partial charge < -0.3 is 5.11 Å². The van der Waals surface area contributed by atoms with Gasteiger partial charge in [0.1, 0.15) is 6.10 Å². The molecule has 0 amide bonds. The fourth-order valence-corrected chi connectivity index (χ4v) is 2.68. The van der Waals surface area contributed by atoms with Gasteiger partial charge in [0.05, 0.1) is 0 Å². The van der Waals surface area contributed by atoms with E-state index in [1.54, 1.807) is 0 Å². The summed E-state index contributed by atoms with van der Waals surface area (Å²) in [6.07, 6.45) is 4.91. The van der Waals surface area contributed by atoms with Crippen LogP contribution in [0.1, 0.15) is 30.9 Å². The Balaban J connectivity index is 2.31. The number of hydrogen-bond donors (Lipinski definition) is 1. The van der Waals surface area contributed by atoms with Gasteiger partial charge in [-0.25, -0.2) is 0 Å². The number of aliphatic hydroxyl groups is 1. The maximum absolute atomic E-state index is 10.2. The van der Waals surface area contributed by atoms with Crippen molar-refractivity contribution in [3.63, 3.8) is 0 Å². The zero-order valence-electron chi connectivity index (χ0n) is 8.21. The SMILES string of the molecule is OC(C1=CCCC1)c1cc(Cl)ccc1I. The lowest BCUT2D eigenvalue weighted by molar-refractivity contribution is 0.212. The Bertz CT molecular complexity index is 401. The topological polar surface area (TPSA) is 20.2 Å². The van der Waals surface area contributed by atoms with E-state index in [1.165, 1.54) is 0 Å². The van der Waals surface area contributed by atoms with Crippen molar-refractivity contribution in [1.29, 1.82) is 0 Å². The van der Waals surface area contributed by atoms with Crippen molar-refractivity contribution in [1.82, 2.24) is 0 Å². The molecule has 0 radical (unpaired) electrons. The Morgan fingerprint density at radius 3 is 2.87 bits per heavy atom. The van der Waals surface area contributed by atoms with E-state index in [-0.39, 0.29) is 0 Å². The van der Waals surface area contributed by atoms with Crippen molar-refractivity contribution in [3.05, 3.63) is 44.0 Å². The van der Waals surface area contributed by atoms with Crippen LogP contribution in [0.4, 0.5) is 0 Å². The summed E-state index contributed by atoms with van der Waals surface area (Å²) in [7, 11) is 0. The van der Waals surface area contributed by atoms with E-state index in [4.69, 9.17) is 11.6 Å². The molecule has 0 aliphatic heterocycles. The Hall–Kier alpha value is -0.0600. The second-order valence-corrected chi connectivity index (χ2v) is 5.34. The number of benzene rings is 1. The predicted molar refractivity (Wildman–Crippen MR) is 71.1 cm³/mol. The van der Waals surface area contributed by atoms with Crippen molar-refractivity contribution in [2.24, 2.45) is 0 Å². The van der Waals surface area contributed by atoms with Gasteiger partial charge >= 0.3 is 0 Å². The molecule has 1 atom stereocenters. The standard InChI is InChI=1S/C12H12ClIO/c13-9-5-6-11(14)10(7-9)12(15)8-3-1-2-4-8/h3,5-7,12,15H,1-2,4H2. The van der Waals surface area contributed by atoms with E-state index in [0.717, 1.165) is 34.0 Å². The number of aliphatic hydroxyl groups excluding tert-OH is 1.